The van der Waals surface area contributed by atoms with Crippen LogP contribution < -0.4 is 20.3 Å². The molecule has 0 spiro atoms. The molecule has 0 saturated carbocycles. The van der Waals surface area contributed by atoms with Crippen LogP contribution in [-0.4, -0.2) is 24.5 Å². The Balaban J connectivity index is 1.94. The Morgan fingerprint density at radius 3 is 2.52 bits per heavy atom. The van der Waals surface area contributed by atoms with Crippen LogP contribution in [0.25, 0.3) is 0 Å². The topological polar surface area (TPSA) is 76.7 Å². The van der Waals surface area contributed by atoms with Gasteiger partial charge in [-0.25, -0.2) is 0 Å². The maximum absolute atomic E-state index is 12.4. The Hall–Kier alpha value is -2.54. The number of benzene rings is 2. The van der Waals surface area contributed by atoms with Gasteiger partial charge in [0.15, 0.2) is 6.61 Å². The van der Waals surface area contributed by atoms with Crippen LogP contribution in [0.2, 0.25) is 0 Å². The van der Waals surface area contributed by atoms with Crippen LogP contribution in [0.5, 0.6) is 11.5 Å². The molecule has 2 rings (SSSR count). The first-order valence-electron chi connectivity index (χ1n) is 8.52. The van der Waals surface area contributed by atoms with Crippen LogP contribution in [0.4, 0.5) is 0 Å². The van der Waals surface area contributed by atoms with Crippen molar-refractivity contribution in [3.05, 3.63) is 57.6 Å². The van der Waals surface area contributed by atoms with Crippen molar-refractivity contribution in [3.63, 3.8) is 0 Å². The SMILES string of the molecule is Cc1cccc(OCC(=O)NNC(=O)c2cc(Br)ccc2OC(C)C)c1C. The molecule has 2 amide bonds. The molecule has 0 radical (unpaired) electrons. The number of amides is 2. The van der Waals surface area contributed by atoms with Gasteiger partial charge >= 0.3 is 0 Å². The molecule has 2 N–H and O–H groups in total. The first-order valence-corrected chi connectivity index (χ1v) is 9.31. The number of hydrogen-bond acceptors (Lipinski definition) is 4. The number of ether oxygens (including phenoxy) is 2. The van der Waals surface area contributed by atoms with Gasteiger partial charge in [0.25, 0.3) is 11.8 Å². The number of rotatable bonds is 6. The fourth-order valence-corrected chi connectivity index (χ4v) is 2.65. The average molecular weight is 435 g/mol. The smallest absolute Gasteiger partial charge is 0.276 e. The van der Waals surface area contributed by atoms with Crippen molar-refractivity contribution < 1.29 is 19.1 Å². The maximum atomic E-state index is 12.4. The molecular weight excluding hydrogens is 412 g/mol. The van der Waals surface area contributed by atoms with Crippen molar-refractivity contribution in [1.29, 1.82) is 0 Å². The number of hydrazine groups is 1. The number of aryl methyl sites for hydroxylation is 1. The highest BCUT2D eigenvalue weighted by Crippen LogP contribution is 2.24. The first kappa shape index (κ1) is 20.8. The molecule has 0 unspecified atom stereocenters. The molecule has 0 bridgehead atoms. The molecular formula is C20H23BrN2O4. The molecule has 27 heavy (non-hydrogen) atoms. The van der Waals surface area contributed by atoms with Gasteiger partial charge < -0.3 is 9.47 Å². The van der Waals surface area contributed by atoms with Crippen molar-refractivity contribution in [2.75, 3.05) is 6.61 Å². The predicted molar refractivity (Wildman–Crippen MR) is 107 cm³/mol. The summed E-state index contributed by atoms with van der Waals surface area (Å²) in [6.45, 7) is 7.43. The zero-order valence-corrected chi connectivity index (χ0v) is 17.3. The zero-order chi connectivity index (χ0) is 20.0. The van der Waals surface area contributed by atoms with Gasteiger partial charge in [0, 0.05) is 4.47 Å². The molecule has 7 heteroatoms. The fourth-order valence-electron chi connectivity index (χ4n) is 2.29. The van der Waals surface area contributed by atoms with Gasteiger partial charge in [-0.2, -0.15) is 0 Å². The van der Waals surface area contributed by atoms with E-state index in [1.165, 1.54) is 0 Å². The number of halogens is 1. The highest BCUT2D eigenvalue weighted by atomic mass is 79.9. The second kappa shape index (κ2) is 9.41. The van der Waals surface area contributed by atoms with Crippen LogP contribution in [0.3, 0.4) is 0 Å². The molecule has 6 nitrogen and oxygen atoms in total. The molecule has 0 fully saturated rings. The van der Waals surface area contributed by atoms with Gasteiger partial charge in [-0.05, 0) is 63.1 Å². The van der Waals surface area contributed by atoms with E-state index in [1.54, 1.807) is 24.3 Å². The van der Waals surface area contributed by atoms with E-state index in [0.717, 1.165) is 15.6 Å². The van der Waals surface area contributed by atoms with Gasteiger partial charge in [-0.15, -0.1) is 0 Å². The third kappa shape index (κ3) is 5.99. The van der Waals surface area contributed by atoms with E-state index < -0.39 is 11.8 Å². The lowest BCUT2D eigenvalue weighted by Gasteiger charge is -2.15. The molecule has 144 valence electrons. The summed E-state index contributed by atoms with van der Waals surface area (Å²) in [4.78, 5) is 24.4. The van der Waals surface area contributed by atoms with Crippen LogP contribution in [0.15, 0.2) is 40.9 Å². The Labute approximate surface area is 167 Å². The van der Waals surface area contributed by atoms with Crippen molar-refractivity contribution >= 4 is 27.7 Å². The van der Waals surface area contributed by atoms with Crippen molar-refractivity contribution in [2.45, 2.75) is 33.8 Å². The minimum Gasteiger partial charge on any atom is -0.490 e. The van der Waals surface area contributed by atoms with Gasteiger partial charge in [0.2, 0.25) is 0 Å². The summed E-state index contributed by atoms with van der Waals surface area (Å²) < 4.78 is 11.9. The molecule has 0 saturated heterocycles. The van der Waals surface area contributed by atoms with Crippen LogP contribution >= 0.6 is 15.9 Å². The van der Waals surface area contributed by atoms with E-state index in [4.69, 9.17) is 9.47 Å². The predicted octanol–water partition coefficient (Wildman–Crippen LogP) is 3.69. The number of carbonyl (C=O) groups is 2. The van der Waals surface area contributed by atoms with E-state index in [0.29, 0.717) is 17.1 Å². The third-order valence-electron chi connectivity index (χ3n) is 3.78. The lowest BCUT2D eigenvalue weighted by molar-refractivity contribution is -0.123. The fraction of sp³-hybridized carbons (Fsp3) is 0.300. The van der Waals surface area contributed by atoms with Crippen molar-refractivity contribution in [2.24, 2.45) is 0 Å². The third-order valence-corrected chi connectivity index (χ3v) is 4.27. The quantitative estimate of drug-likeness (QED) is 0.679. The van der Waals surface area contributed by atoms with E-state index in [1.807, 2.05) is 39.8 Å². The Morgan fingerprint density at radius 1 is 1.07 bits per heavy atom. The highest BCUT2D eigenvalue weighted by Gasteiger charge is 2.15. The highest BCUT2D eigenvalue weighted by molar-refractivity contribution is 9.10. The second-order valence-corrected chi connectivity index (χ2v) is 7.21. The summed E-state index contributed by atoms with van der Waals surface area (Å²) in [5.41, 5.74) is 7.10. The van der Waals surface area contributed by atoms with E-state index in [-0.39, 0.29) is 12.7 Å². The van der Waals surface area contributed by atoms with Crippen LogP contribution in [-0.2, 0) is 4.79 Å². The molecule has 0 heterocycles. The second-order valence-electron chi connectivity index (χ2n) is 6.30. The molecule has 0 aliphatic rings. The van der Waals surface area contributed by atoms with Crippen molar-refractivity contribution in [3.8, 4) is 11.5 Å². The largest absolute Gasteiger partial charge is 0.490 e. The summed E-state index contributed by atoms with van der Waals surface area (Å²) in [7, 11) is 0. The number of carbonyl (C=O) groups excluding carboxylic acids is 2. The molecule has 0 aromatic heterocycles. The lowest BCUT2D eigenvalue weighted by Crippen LogP contribution is -2.44. The normalized spacial score (nSPS) is 10.4. The average Bonchev–Trinajstić information content (AvgIpc) is 2.62. The summed E-state index contributed by atoms with van der Waals surface area (Å²) in [5, 5.41) is 0. The minimum atomic E-state index is -0.480. The van der Waals surface area contributed by atoms with Crippen molar-refractivity contribution in [1.82, 2.24) is 10.9 Å². The molecule has 0 atom stereocenters. The van der Waals surface area contributed by atoms with E-state index in [2.05, 4.69) is 26.8 Å². The summed E-state index contributed by atoms with van der Waals surface area (Å²) in [6, 6.07) is 10.7. The molecule has 2 aromatic carbocycles. The van der Waals surface area contributed by atoms with Gasteiger partial charge in [0.05, 0.1) is 11.7 Å². The van der Waals surface area contributed by atoms with Gasteiger partial charge in [0.1, 0.15) is 11.5 Å². The maximum Gasteiger partial charge on any atom is 0.276 e. The number of hydrogen-bond donors (Lipinski definition) is 2. The lowest BCUT2D eigenvalue weighted by atomic mass is 10.1. The van der Waals surface area contributed by atoms with Gasteiger partial charge in [-0.1, -0.05) is 28.1 Å². The summed E-state index contributed by atoms with van der Waals surface area (Å²) in [5.74, 6) is 0.125. The molecule has 0 aliphatic heterocycles. The molecule has 0 aliphatic carbocycles. The van der Waals surface area contributed by atoms with Crippen LogP contribution in [0.1, 0.15) is 35.3 Å². The Morgan fingerprint density at radius 2 is 1.81 bits per heavy atom. The van der Waals surface area contributed by atoms with Crippen LogP contribution in [0, 0.1) is 13.8 Å². The van der Waals surface area contributed by atoms with Gasteiger partial charge in [-0.3, -0.25) is 20.4 Å². The van der Waals surface area contributed by atoms with E-state index in [9.17, 15) is 9.59 Å². The monoisotopic (exact) mass is 434 g/mol. The standard InChI is InChI=1S/C20H23BrN2O4/c1-12(2)27-18-9-8-15(21)10-16(18)20(25)23-22-19(24)11-26-17-7-5-6-13(3)14(17)4/h5-10,12H,11H2,1-4H3,(H,22,24)(H,23,25). The Kier molecular flexibility index (Phi) is 7.24. The molecule has 2 aromatic rings. The number of nitrogens with one attached hydrogen (secondary N) is 2. The Bertz CT molecular complexity index is 837. The zero-order valence-electron chi connectivity index (χ0n) is 15.8. The summed E-state index contributed by atoms with van der Waals surface area (Å²) >= 11 is 3.33. The first-order chi connectivity index (χ1) is 12.8. The van der Waals surface area contributed by atoms with E-state index >= 15 is 0 Å². The minimum absolute atomic E-state index is 0.0849. The summed E-state index contributed by atoms with van der Waals surface area (Å²) in [6.07, 6.45) is -0.0849.